The second-order valence-corrected chi connectivity index (χ2v) is 6.44. The van der Waals surface area contributed by atoms with E-state index in [9.17, 15) is 9.59 Å². The second-order valence-electron chi connectivity index (χ2n) is 6.44. The zero-order valence-electron chi connectivity index (χ0n) is 16.2. The SMILES string of the molecule is CCNC(=NCCNC(=O)C(C)C)N1CCN(C(=O)c2ccco2)CC1.I. The lowest BCUT2D eigenvalue weighted by atomic mass is 10.2. The monoisotopic (exact) mass is 491 g/mol. The van der Waals surface area contributed by atoms with Crippen molar-refractivity contribution in [2.45, 2.75) is 20.8 Å². The fourth-order valence-corrected chi connectivity index (χ4v) is 2.65. The molecule has 0 saturated carbocycles. The van der Waals surface area contributed by atoms with E-state index in [0.717, 1.165) is 12.5 Å². The zero-order chi connectivity index (χ0) is 18.9. The highest BCUT2D eigenvalue weighted by Gasteiger charge is 2.25. The molecule has 2 rings (SSSR count). The molecule has 1 aromatic heterocycles. The van der Waals surface area contributed by atoms with E-state index in [2.05, 4.69) is 20.5 Å². The van der Waals surface area contributed by atoms with Gasteiger partial charge in [-0.3, -0.25) is 14.6 Å². The van der Waals surface area contributed by atoms with Crippen LogP contribution >= 0.6 is 24.0 Å². The molecule has 0 aliphatic carbocycles. The molecular formula is C18H30IN5O3. The molecule has 1 aromatic rings. The first-order chi connectivity index (χ1) is 12.5. The predicted octanol–water partition coefficient (Wildman–Crippen LogP) is 1.39. The smallest absolute Gasteiger partial charge is 0.289 e. The number of rotatable bonds is 6. The molecule has 1 aliphatic rings. The lowest BCUT2D eigenvalue weighted by molar-refractivity contribution is -0.123. The number of carbonyl (C=O) groups excluding carboxylic acids is 2. The summed E-state index contributed by atoms with van der Waals surface area (Å²) in [6.07, 6.45) is 1.51. The summed E-state index contributed by atoms with van der Waals surface area (Å²) >= 11 is 0. The molecule has 1 saturated heterocycles. The Morgan fingerprint density at radius 3 is 2.41 bits per heavy atom. The minimum Gasteiger partial charge on any atom is -0.459 e. The molecule has 0 unspecified atom stereocenters. The van der Waals surface area contributed by atoms with Crippen LogP contribution in [0.5, 0.6) is 0 Å². The van der Waals surface area contributed by atoms with Gasteiger partial charge in [-0.05, 0) is 19.1 Å². The Labute approximate surface area is 177 Å². The first kappa shape index (κ1) is 23.3. The number of nitrogens with one attached hydrogen (secondary N) is 2. The van der Waals surface area contributed by atoms with E-state index in [1.807, 2.05) is 20.8 Å². The number of furan rings is 1. The van der Waals surface area contributed by atoms with Crippen LogP contribution in [0.2, 0.25) is 0 Å². The number of piperazine rings is 1. The van der Waals surface area contributed by atoms with E-state index >= 15 is 0 Å². The maximum Gasteiger partial charge on any atom is 0.289 e. The molecule has 27 heavy (non-hydrogen) atoms. The van der Waals surface area contributed by atoms with E-state index in [-0.39, 0.29) is 41.7 Å². The molecule has 0 bridgehead atoms. The predicted molar refractivity (Wildman–Crippen MR) is 115 cm³/mol. The van der Waals surface area contributed by atoms with Crippen LogP contribution in [0.15, 0.2) is 27.8 Å². The number of aliphatic imine (C=N–C) groups is 1. The summed E-state index contributed by atoms with van der Waals surface area (Å²) in [4.78, 5) is 32.4. The van der Waals surface area contributed by atoms with Gasteiger partial charge in [0.25, 0.3) is 5.91 Å². The summed E-state index contributed by atoms with van der Waals surface area (Å²) in [5.41, 5.74) is 0. The van der Waals surface area contributed by atoms with Gasteiger partial charge in [-0.15, -0.1) is 24.0 Å². The first-order valence-corrected chi connectivity index (χ1v) is 9.16. The van der Waals surface area contributed by atoms with Gasteiger partial charge in [-0.1, -0.05) is 13.8 Å². The van der Waals surface area contributed by atoms with Gasteiger partial charge in [-0.2, -0.15) is 0 Å². The van der Waals surface area contributed by atoms with Crippen molar-refractivity contribution in [1.82, 2.24) is 20.4 Å². The number of nitrogens with zero attached hydrogens (tertiary/aromatic N) is 3. The Hall–Kier alpha value is -1.78. The molecule has 0 radical (unpaired) electrons. The average Bonchev–Trinajstić information content (AvgIpc) is 3.18. The van der Waals surface area contributed by atoms with Crippen LogP contribution in [0.25, 0.3) is 0 Å². The summed E-state index contributed by atoms with van der Waals surface area (Å²) in [7, 11) is 0. The van der Waals surface area contributed by atoms with E-state index in [1.54, 1.807) is 17.0 Å². The van der Waals surface area contributed by atoms with Gasteiger partial charge >= 0.3 is 0 Å². The summed E-state index contributed by atoms with van der Waals surface area (Å²) in [6, 6.07) is 3.41. The van der Waals surface area contributed by atoms with E-state index in [4.69, 9.17) is 4.42 Å². The third-order valence-electron chi connectivity index (χ3n) is 4.13. The minimum absolute atomic E-state index is 0. The van der Waals surface area contributed by atoms with Gasteiger partial charge < -0.3 is 24.9 Å². The number of carbonyl (C=O) groups is 2. The number of amides is 2. The largest absolute Gasteiger partial charge is 0.459 e. The third kappa shape index (κ3) is 7.04. The number of hydrogen-bond donors (Lipinski definition) is 2. The first-order valence-electron chi connectivity index (χ1n) is 9.16. The zero-order valence-corrected chi connectivity index (χ0v) is 18.6. The fourth-order valence-electron chi connectivity index (χ4n) is 2.65. The van der Waals surface area contributed by atoms with Gasteiger partial charge in [0.2, 0.25) is 5.91 Å². The lowest BCUT2D eigenvalue weighted by Crippen LogP contribution is -2.53. The van der Waals surface area contributed by atoms with Crippen molar-refractivity contribution in [2.75, 3.05) is 45.8 Å². The maximum absolute atomic E-state index is 12.3. The Bertz CT molecular complexity index is 611. The number of guanidine groups is 1. The molecule has 2 heterocycles. The third-order valence-corrected chi connectivity index (χ3v) is 4.13. The van der Waals surface area contributed by atoms with Crippen molar-refractivity contribution >= 4 is 41.8 Å². The van der Waals surface area contributed by atoms with Crippen LogP contribution in [0, 0.1) is 5.92 Å². The van der Waals surface area contributed by atoms with E-state index in [1.165, 1.54) is 6.26 Å². The summed E-state index contributed by atoms with van der Waals surface area (Å²) in [5, 5.41) is 6.14. The van der Waals surface area contributed by atoms with Crippen molar-refractivity contribution in [3.05, 3.63) is 24.2 Å². The van der Waals surface area contributed by atoms with Gasteiger partial charge in [0.05, 0.1) is 12.8 Å². The molecule has 0 aromatic carbocycles. The molecule has 1 fully saturated rings. The van der Waals surface area contributed by atoms with Crippen molar-refractivity contribution < 1.29 is 14.0 Å². The van der Waals surface area contributed by atoms with Crippen LogP contribution < -0.4 is 10.6 Å². The van der Waals surface area contributed by atoms with Gasteiger partial charge in [-0.25, -0.2) is 0 Å². The molecule has 9 heteroatoms. The molecule has 0 spiro atoms. The molecule has 2 N–H and O–H groups in total. The minimum atomic E-state index is -0.0759. The van der Waals surface area contributed by atoms with Crippen LogP contribution in [-0.4, -0.2) is 73.4 Å². The number of halogens is 1. The Kier molecular flexibility index (Phi) is 10.2. The summed E-state index contributed by atoms with van der Waals surface area (Å²) in [5.74, 6) is 1.13. The molecule has 152 valence electrons. The van der Waals surface area contributed by atoms with Crippen molar-refractivity contribution in [3.63, 3.8) is 0 Å². The van der Waals surface area contributed by atoms with Gasteiger partial charge in [0.1, 0.15) is 0 Å². The highest BCUT2D eigenvalue weighted by molar-refractivity contribution is 14.0. The Morgan fingerprint density at radius 2 is 1.85 bits per heavy atom. The average molecular weight is 491 g/mol. The van der Waals surface area contributed by atoms with Crippen molar-refractivity contribution in [2.24, 2.45) is 10.9 Å². The fraction of sp³-hybridized carbons (Fsp3) is 0.611. The molecule has 0 atom stereocenters. The van der Waals surface area contributed by atoms with Crippen molar-refractivity contribution in [3.8, 4) is 0 Å². The van der Waals surface area contributed by atoms with Crippen LogP contribution in [0.3, 0.4) is 0 Å². The highest BCUT2D eigenvalue weighted by Crippen LogP contribution is 2.09. The van der Waals surface area contributed by atoms with Gasteiger partial charge in [0.15, 0.2) is 11.7 Å². The quantitative estimate of drug-likeness (QED) is 0.272. The topological polar surface area (TPSA) is 90.2 Å². The Balaban J connectivity index is 0.00000364. The Morgan fingerprint density at radius 1 is 1.19 bits per heavy atom. The molecule has 1 aliphatic heterocycles. The lowest BCUT2D eigenvalue weighted by Gasteiger charge is -2.36. The normalized spacial score (nSPS) is 14.7. The van der Waals surface area contributed by atoms with E-state index in [0.29, 0.717) is 45.0 Å². The number of hydrogen-bond acceptors (Lipinski definition) is 4. The second kappa shape index (κ2) is 11.8. The molecular weight excluding hydrogens is 461 g/mol. The maximum atomic E-state index is 12.3. The summed E-state index contributed by atoms with van der Waals surface area (Å²) in [6.45, 7) is 10.2. The summed E-state index contributed by atoms with van der Waals surface area (Å²) < 4.78 is 5.19. The highest BCUT2D eigenvalue weighted by atomic mass is 127. The van der Waals surface area contributed by atoms with Crippen LogP contribution in [0.4, 0.5) is 0 Å². The van der Waals surface area contributed by atoms with Crippen LogP contribution in [0.1, 0.15) is 31.3 Å². The molecule has 8 nitrogen and oxygen atoms in total. The van der Waals surface area contributed by atoms with Crippen LogP contribution in [-0.2, 0) is 4.79 Å². The van der Waals surface area contributed by atoms with Gasteiger partial charge in [0, 0.05) is 45.2 Å². The standard InChI is InChI=1S/C18H29N5O3.HI/c1-4-19-18(21-8-7-20-16(24)14(2)3)23-11-9-22(10-12-23)17(25)15-6-5-13-26-15;/h5-6,13-14H,4,7-12H2,1-3H3,(H,19,21)(H,20,24);1H. The van der Waals surface area contributed by atoms with Crippen molar-refractivity contribution in [1.29, 1.82) is 0 Å². The molecule has 2 amide bonds. The van der Waals surface area contributed by atoms with E-state index < -0.39 is 0 Å².